The molecule has 2 aromatic rings. The van der Waals surface area contributed by atoms with E-state index in [0.29, 0.717) is 17.5 Å². The van der Waals surface area contributed by atoms with Crippen molar-refractivity contribution in [2.75, 3.05) is 13.4 Å². The summed E-state index contributed by atoms with van der Waals surface area (Å²) in [5.74, 6) is -0.0868. The Kier molecular flexibility index (Phi) is 7.23. The lowest BCUT2D eigenvalue weighted by Gasteiger charge is -2.18. The first-order valence-electron chi connectivity index (χ1n) is 8.46. The molecule has 0 amide bonds. The molecule has 28 heavy (non-hydrogen) atoms. The van der Waals surface area contributed by atoms with E-state index in [1.807, 2.05) is 6.26 Å². The fourth-order valence-electron chi connectivity index (χ4n) is 2.70. The molecule has 2 aromatic carbocycles. The number of hydrogen-bond donors (Lipinski definition) is 0. The van der Waals surface area contributed by atoms with Gasteiger partial charge in [-0.3, -0.25) is 0 Å². The minimum absolute atomic E-state index is 0.175. The van der Waals surface area contributed by atoms with Crippen LogP contribution in [0.2, 0.25) is 0 Å². The van der Waals surface area contributed by atoms with Crippen molar-refractivity contribution in [3.05, 3.63) is 52.6 Å². The Balaban J connectivity index is 2.41. The Morgan fingerprint density at radius 3 is 2.46 bits per heavy atom. The lowest BCUT2D eigenvalue weighted by molar-refractivity contribution is -0.139. The zero-order valence-corrected chi connectivity index (χ0v) is 16.8. The largest absolute Gasteiger partial charge is 0.513 e. The van der Waals surface area contributed by atoms with Crippen LogP contribution in [0.1, 0.15) is 29.2 Å². The van der Waals surface area contributed by atoms with Crippen LogP contribution in [0.3, 0.4) is 0 Å². The molecule has 0 N–H and O–H groups in total. The van der Waals surface area contributed by atoms with Crippen LogP contribution < -0.4 is 9.47 Å². The molecule has 0 heterocycles. The van der Waals surface area contributed by atoms with Crippen LogP contribution in [-0.2, 0) is 23.9 Å². The van der Waals surface area contributed by atoms with Crippen molar-refractivity contribution in [2.24, 2.45) is 0 Å². The molecule has 0 aliphatic heterocycles. The summed E-state index contributed by atoms with van der Waals surface area (Å²) in [5, 5.41) is 0. The molecule has 2 rings (SSSR count). The highest BCUT2D eigenvalue weighted by Gasteiger charge is 2.35. The van der Waals surface area contributed by atoms with Crippen molar-refractivity contribution in [3.63, 3.8) is 0 Å². The van der Waals surface area contributed by atoms with Crippen LogP contribution in [0.15, 0.2) is 35.2 Å². The molecule has 0 bridgehead atoms. The van der Waals surface area contributed by atoms with E-state index in [0.717, 1.165) is 16.5 Å². The standard InChI is InChI=1S/C20H21F3O4S/c1-5-13-10-15(20(21,22)23)17(9-12(13)2)26-11-14-16(27-19(24)25-3)7-6-8-18(14)28-4/h6-10H,5,11H2,1-4H3. The summed E-state index contributed by atoms with van der Waals surface area (Å²) in [6.45, 7) is 3.35. The molecule has 0 aliphatic rings. The van der Waals surface area contributed by atoms with Gasteiger partial charge >= 0.3 is 12.3 Å². The van der Waals surface area contributed by atoms with Crippen molar-refractivity contribution in [2.45, 2.75) is 37.9 Å². The minimum atomic E-state index is -4.54. The van der Waals surface area contributed by atoms with Gasteiger partial charge < -0.3 is 14.2 Å². The maximum absolute atomic E-state index is 13.5. The lowest BCUT2D eigenvalue weighted by atomic mass is 10.0. The van der Waals surface area contributed by atoms with E-state index in [-0.39, 0.29) is 18.1 Å². The zero-order valence-electron chi connectivity index (χ0n) is 16.0. The van der Waals surface area contributed by atoms with Gasteiger partial charge in [0, 0.05) is 10.5 Å². The molecule has 152 valence electrons. The summed E-state index contributed by atoms with van der Waals surface area (Å²) >= 11 is 1.36. The van der Waals surface area contributed by atoms with E-state index in [1.165, 1.54) is 31.0 Å². The maximum atomic E-state index is 13.5. The molecule has 0 aromatic heterocycles. The highest BCUT2D eigenvalue weighted by Crippen LogP contribution is 2.39. The Labute approximate surface area is 166 Å². The molecule has 0 atom stereocenters. The van der Waals surface area contributed by atoms with Gasteiger partial charge in [-0.05, 0) is 55.0 Å². The summed E-state index contributed by atoms with van der Waals surface area (Å²) in [4.78, 5) is 12.2. The van der Waals surface area contributed by atoms with E-state index >= 15 is 0 Å². The van der Waals surface area contributed by atoms with Crippen molar-refractivity contribution < 1.29 is 32.2 Å². The van der Waals surface area contributed by atoms with Gasteiger partial charge in [0.05, 0.1) is 12.7 Å². The van der Waals surface area contributed by atoms with Crippen molar-refractivity contribution in [1.82, 2.24) is 0 Å². The topological polar surface area (TPSA) is 44.8 Å². The summed E-state index contributed by atoms with van der Waals surface area (Å²) in [6, 6.07) is 7.49. The SMILES string of the molecule is CCc1cc(C(F)(F)F)c(OCc2c(OC(=O)OC)cccc2SC)cc1C. The number of benzene rings is 2. The second kappa shape index (κ2) is 9.23. The van der Waals surface area contributed by atoms with Crippen LogP contribution in [0, 0.1) is 6.92 Å². The van der Waals surface area contributed by atoms with Gasteiger partial charge in [0.15, 0.2) is 0 Å². The smallest absolute Gasteiger partial charge is 0.488 e. The molecule has 0 saturated heterocycles. The highest BCUT2D eigenvalue weighted by molar-refractivity contribution is 7.98. The fourth-order valence-corrected chi connectivity index (χ4v) is 3.32. The normalized spacial score (nSPS) is 11.2. The predicted molar refractivity (Wildman–Crippen MR) is 101 cm³/mol. The number of ether oxygens (including phenoxy) is 3. The first-order valence-corrected chi connectivity index (χ1v) is 9.68. The molecule has 0 spiro atoms. The fraction of sp³-hybridized carbons (Fsp3) is 0.350. The molecule has 0 fully saturated rings. The summed E-state index contributed by atoms with van der Waals surface area (Å²) in [7, 11) is 1.17. The highest BCUT2D eigenvalue weighted by atomic mass is 32.2. The van der Waals surface area contributed by atoms with Crippen LogP contribution in [0.25, 0.3) is 0 Å². The Morgan fingerprint density at radius 2 is 1.89 bits per heavy atom. The Bertz CT molecular complexity index is 850. The van der Waals surface area contributed by atoms with Gasteiger partial charge in [-0.15, -0.1) is 11.8 Å². The second-order valence-electron chi connectivity index (χ2n) is 5.91. The number of thioether (sulfide) groups is 1. The number of alkyl halides is 3. The number of hydrogen-bond acceptors (Lipinski definition) is 5. The molecule has 0 saturated carbocycles. The lowest BCUT2D eigenvalue weighted by Crippen LogP contribution is -2.12. The van der Waals surface area contributed by atoms with Gasteiger partial charge in [0.1, 0.15) is 18.1 Å². The van der Waals surface area contributed by atoms with Crippen LogP contribution in [0.4, 0.5) is 18.0 Å². The predicted octanol–water partition coefficient (Wildman–Crippen LogP) is 6.02. The molecular formula is C20H21F3O4S. The second-order valence-corrected chi connectivity index (χ2v) is 6.76. The van der Waals surface area contributed by atoms with Gasteiger partial charge in [-0.2, -0.15) is 13.2 Å². The van der Waals surface area contributed by atoms with E-state index in [2.05, 4.69) is 4.74 Å². The molecule has 8 heteroatoms. The first kappa shape index (κ1) is 21.9. The minimum Gasteiger partial charge on any atom is -0.488 e. The summed E-state index contributed by atoms with van der Waals surface area (Å²) < 4.78 is 55.6. The van der Waals surface area contributed by atoms with E-state index < -0.39 is 17.9 Å². The van der Waals surface area contributed by atoms with Crippen molar-refractivity contribution >= 4 is 17.9 Å². The van der Waals surface area contributed by atoms with Crippen LogP contribution in [-0.4, -0.2) is 19.5 Å². The van der Waals surface area contributed by atoms with Gasteiger partial charge in [-0.1, -0.05) is 13.0 Å². The third-order valence-corrected chi connectivity index (χ3v) is 4.99. The summed E-state index contributed by atoms with van der Waals surface area (Å²) in [5.41, 5.74) is 0.964. The average Bonchev–Trinajstić information content (AvgIpc) is 2.65. The van der Waals surface area contributed by atoms with Gasteiger partial charge in [0.2, 0.25) is 0 Å². The quantitative estimate of drug-likeness (QED) is 0.328. The third-order valence-electron chi connectivity index (χ3n) is 4.17. The van der Waals surface area contributed by atoms with E-state index in [9.17, 15) is 18.0 Å². The van der Waals surface area contributed by atoms with E-state index in [4.69, 9.17) is 9.47 Å². The average molecular weight is 414 g/mol. The number of aryl methyl sites for hydroxylation is 2. The molecule has 0 aliphatic carbocycles. The molecule has 4 nitrogen and oxygen atoms in total. The van der Waals surface area contributed by atoms with Crippen molar-refractivity contribution in [1.29, 1.82) is 0 Å². The molecular weight excluding hydrogens is 393 g/mol. The number of halogens is 3. The number of rotatable bonds is 6. The van der Waals surface area contributed by atoms with Crippen LogP contribution in [0.5, 0.6) is 11.5 Å². The maximum Gasteiger partial charge on any atom is 0.513 e. The van der Waals surface area contributed by atoms with Gasteiger partial charge in [0.25, 0.3) is 0 Å². The number of carbonyl (C=O) groups is 1. The number of carbonyl (C=O) groups excluding carboxylic acids is 1. The van der Waals surface area contributed by atoms with Crippen LogP contribution >= 0.6 is 11.8 Å². The molecule has 0 unspecified atom stereocenters. The number of methoxy groups -OCH3 is 1. The van der Waals surface area contributed by atoms with E-state index in [1.54, 1.807) is 26.0 Å². The summed E-state index contributed by atoms with van der Waals surface area (Å²) in [6.07, 6.45) is -3.17. The first-order chi connectivity index (χ1) is 13.2. The monoisotopic (exact) mass is 414 g/mol. The Hall–Kier alpha value is -2.35. The van der Waals surface area contributed by atoms with Crippen molar-refractivity contribution in [3.8, 4) is 11.5 Å². The Morgan fingerprint density at radius 1 is 1.18 bits per heavy atom. The third kappa shape index (κ3) is 5.13. The zero-order chi connectivity index (χ0) is 20.9. The van der Waals surface area contributed by atoms with Gasteiger partial charge in [-0.25, -0.2) is 4.79 Å². The molecule has 0 radical (unpaired) electrons.